The van der Waals surface area contributed by atoms with Crippen LogP contribution in [0, 0.1) is 0 Å². The average molecular weight is 304 g/mol. The summed E-state index contributed by atoms with van der Waals surface area (Å²) in [6.07, 6.45) is 0.328. The summed E-state index contributed by atoms with van der Waals surface area (Å²) in [5, 5.41) is 0. The molecule has 2 aromatic heterocycles. The molecule has 0 aliphatic carbocycles. The lowest BCUT2D eigenvalue weighted by Gasteiger charge is -2.06. The van der Waals surface area contributed by atoms with Crippen LogP contribution in [0.3, 0.4) is 0 Å². The fraction of sp³-hybridized carbons (Fsp3) is 0.125. The Morgan fingerprint density at radius 1 is 1.14 bits per heavy atom. The number of imidazole rings is 1. The molecule has 0 aliphatic rings. The van der Waals surface area contributed by atoms with Crippen molar-refractivity contribution in [3.05, 3.63) is 71.2 Å². The van der Waals surface area contributed by atoms with E-state index in [1.54, 1.807) is 28.9 Å². The molecule has 0 radical (unpaired) electrons. The minimum Gasteiger partial charge on any atom is -0.306 e. The van der Waals surface area contributed by atoms with Gasteiger partial charge in [0.1, 0.15) is 5.65 Å². The molecule has 0 atom stereocenters. The summed E-state index contributed by atoms with van der Waals surface area (Å²) >= 11 is 0. The molecule has 3 rings (SSSR count). The van der Waals surface area contributed by atoms with E-state index in [9.17, 15) is 18.0 Å². The predicted octanol–water partition coefficient (Wildman–Crippen LogP) is 3.76. The number of hydrogen-bond acceptors (Lipinski definition) is 2. The van der Waals surface area contributed by atoms with Crippen LogP contribution in [0.4, 0.5) is 13.2 Å². The van der Waals surface area contributed by atoms with Crippen molar-refractivity contribution in [1.29, 1.82) is 0 Å². The maximum Gasteiger partial charge on any atom is 0.416 e. The van der Waals surface area contributed by atoms with E-state index in [1.165, 1.54) is 12.1 Å². The number of fused-ring (bicyclic) bond motifs is 1. The van der Waals surface area contributed by atoms with Gasteiger partial charge in [-0.2, -0.15) is 13.2 Å². The number of halogens is 3. The summed E-state index contributed by atoms with van der Waals surface area (Å²) in [7, 11) is 0. The van der Waals surface area contributed by atoms with Crippen molar-refractivity contribution >= 4 is 11.9 Å². The molecular weight excluding hydrogens is 293 g/mol. The van der Waals surface area contributed by atoms with E-state index >= 15 is 0 Å². The number of nitrogens with zero attached hydrogens (tertiary/aromatic N) is 2. The third kappa shape index (κ3) is 2.72. The van der Waals surface area contributed by atoms with E-state index in [0.29, 0.717) is 23.3 Å². The first-order valence-electron chi connectivity index (χ1n) is 6.55. The van der Waals surface area contributed by atoms with Gasteiger partial charge in [0.05, 0.1) is 16.8 Å². The van der Waals surface area contributed by atoms with Crippen LogP contribution in [0.2, 0.25) is 0 Å². The van der Waals surface area contributed by atoms with Crippen molar-refractivity contribution in [2.45, 2.75) is 12.6 Å². The summed E-state index contributed by atoms with van der Waals surface area (Å²) in [6, 6.07) is 8.39. The van der Waals surface area contributed by atoms with Gasteiger partial charge in [0, 0.05) is 18.8 Å². The molecule has 22 heavy (non-hydrogen) atoms. The lowest BCUT2D eigenvalue weighted by molar-refractivity contribution is -0.137. The number of hydrogen-bond donors (Lipinski definition) is 0. The van der Waals surface area contributed by atoms with E-state index in [2.05, 4.69) is 4.98 Å². The first-order valence-corrected chi connectivity index (χ1v) is 6.55. The van der Waals surface area contributed by atoms with Crippen LogP contribution in [0.25, 0.3) is 5.65 Å². The lowest BCUT2D eigenvalue weighted by atomic mass is 10.1. The van der Waals surface area contributed by atoms with Gasteiger partial charge < -0.3 is 4.40 Å². The van der Waals surface area contributed by atoms with Gasteiger partial charge in [0.2, 0.25) is 0 Å². The van der Waals surface area contributed by atoms with Crippen molar-refractivity contribution in [1.82, 2.24) is 9.38 Å². The Bertz CT molecular complexity index is 820. The zero-order valence-electron chi connectivity index (χ0n) is 11.3. The number of benzene rings is 1. The third-order valence-corrected chi connectivity index (χ3v) is 3.36. The Morgan fingerprint density at radius 3 is 2.50 bits per heavy atom. The standard InChI is InChI=1S/C16H11F3N2O/c17-16(18,19)13-5-3-11(4-6-13)8-14-9-21-7-1-2-12(10-22)15(21)20-14/h1-7,9-10H,8H2. The van der Waals surface area contributed by atoms with Gasteiger partial charge in [-0.25, -0.2) is 4.98 Å². The topological polar surface area (TPSA) is 34.4 Å². The molecule has 112 valence electrons. The van der Waals surface area contributed by atoms with Crippen molar-refractivity contribution in [3.8, 4) is 0 Å². The molecule has 0 spiro atoms. The summed E-state index contributed by atoms with van der Waals surface area (Å²) in [4.78, 5) is 15.3. The molecular formula is C16H11F3N2O. The largest absolute Gasteiger partial charge is 0.416 e. The van der Waals surface area contributed by atoms with Crippen molar-refractivity contribution < 1.29 is 18.0 Å². The zero-order valence-corrected chi connectivity index (χ0v) is 11.3. The van der Waals surface area contributed by atoms with E-state index in [0.717, 1.165) is 24.0 Å². The SMILES string of the molecule is O=Cc1cccn2cc(Cc3ccc(C(F)(F)F)cc3)nc12. The maximum atomic E-state index is 12.5. The Labute approximate surface area is 124 Å². The molecule has 0 bridgehead atoms. The molecule has 0 saturated carbocycles. The first-order chi connectivity index (χ1) is 10.5. The number of rotatable bonds is 3. The number of pyridine rings is 1. The average Bonchev–Trinajstić information content (AvgIpc) is 2.89. The highest BCUT2D eigenvalue weighted by atomic mass is 19.4. The summed E-state index contributed by atoms with van der Waals surface area (Å²) in [6.45, 7) is 0. The Morgan fingerprint density at radius 2 is 1.86 bits per heavy atom. The van der Waals surface area contributed by atoms with Gasteiger partial charge in [-0.3, -0.25) is 4.79 Å². The number of aromatic nitrogens is 2. The molecule has 1 aromatic carbocycles. The number of carbonyl (C=O) groups excluding carboxylic acids is 1. The van der Waals surface area contributed by atoms with Gasteiger partial charge in [-0.15, -0.1) is 0 Å². The predicted molar refractivity (Wildman–Crippen MR) is 74.8 cm³/mol. The molecule has 0 aliphatic heterocycles. The quantitative estimate of drug-likeness (QED) is 0.691. The highest BCUT2D eigenvalue weighted by Gasteiger charge is 2.29. The van der Waals surface area contributed by atoms with Crippen molar-refractivity contribution in [3.63, 3.8) is 0 Å². The maximum absolute atomic E-state index is 12.5. The van der Waals surface area contributed by atoms with E-state index in [1.807, 2.05) is 0 Å². The summed E-state index contributed by atoms with van der Waals surface area (Å²) < 4.78 is 39.3. The third-order valence-electron chi connectivity index (χ3n) is 3.36. The molecule has 0 fully saturated rings. The van der Waals surface area contributed by atoms with Gasteiger partial charge in [0.15, 0.2) is 6.29 Å². The van der Waals surface area contributed by atoms with Crippen LogP contribution in [0.15, 0.2) is 48.8 Å². The van der Waals surface area contributed by atoms with Crippen LogP contribution in [0.1, 0.15) is 27.2 Å². The van der Waals surface area contributed by atoms with Crippen LogP contribution in [-0.4, -0.2) is 15.7 Å². The second kappa shape index (κ2) is 5.29. The summed E-state index contributed by atoms with van der Waals surface area (Å²) in [5.74, 6) is 0. The lowest BCUT2D eigenvalue weighted by Crippen LogP contribution is -2.04. The van der Waals surface area contributed by atoms with E-state index in [-0.39, 0.29) is 0 Å². The summed E-state index contributed by atoms with van der Waals surface area (Å²) in [5.41, 5.74) is 1.76. The fourth-order valence-corrected chi connectivity index (χ4v) is 2.28. The Kier molecular flexibility index (Phi) is 3.44. The monoisotopic (exact) mass is 304 g/mol. The minimum atomic E-state index is -4.33. The van der Waals surface area contributed by atoms with Crippen molar-refractivity contribution in [2.75, 3.05) is 0 Å². The Hall–Kier alpha value is -2.63. The van der Waals surface area contributed by atoms with Gasteiger partial charge in [0.25, 0.3) is 0 Å². The Balaban J connectivity index is 1.88. The molecule has 0 N–H and O–H groups in total. The number of carbonyl (C=O) groups is 1. The molecule has 3 aromatic rings. The number of aldehydes is 1. The van der Waals surface area contributed by atoms with Crippen LogP contribution < -0.4 is 0 Å². The highest BCUT2D eigenvalue weighted by Crippen LogP contribution is 2.29. The molecule has 2 heterocycles. The molecule has 3 nitrogen and oxygen atoms in total. The van der Waals surface area contributed by atoms with Crippen LogP contribution in [0.5, 0.6) is 0 Å². The van der Waals surface area contributed by atoms with Gasteiger partial charge in [-0.1, -0.05) is 12.1 Å². The minimum absolute atomic E-state index is 0.401. The van der Waals surface area contributed by atoms with Gasteiger partial charge >= 0.3 is 6.18 Å². The molecule has 0 unspecified atom stereocenters. The van der Waals surface area contributed by atoms with Crippen LogP contribution >= 0.6 is 0 Å². The molecule has 0 amide bonds. The van der Waals surface area contributed by atoms with Crippen molar-refractivity contribution in [2.24, 2.45) is 0 Å². The zero-order chi connectivity index (χ0) is 15.7. The van der Waals surface area contributed by atoms with Crippen LogP contribution in [-0.2, 0) is 12.6 Å². The normalized spacial score (nSPS) is 11.8. The second-order valence-electron chi connectivity index (χ2n) is 4.92. The highest BCUT2D eigenvalue weighted by molar-refractivity contribution is 5.84. The van der Waals surface area contributed by atoms with Gasteiger partial charge in [-0.05, 0) is 29.8 Å². The second-order valence-corrected chi connectivity index (χ2v) is 4.92. The number of alkyl halides is 3. The fourth-order valence-electron chi connectivity index (χ4n) is 2.28. The smallest absolute Gasteiger partial charge is 0.306 e. The molecule has 0 saturated heterocycles. The van der Waals surface area contributed by atoms with E-state index in [4.69, 9.17) is 0 Å². The molecule has 6 heteroatoms. The van der Waals surface area contributed by atoms with E-state index < -0.39 is 11.7 Å². The first kappa shape index (κ1) is 14.3.